The molecule has 0 saturated carbocycles. The maximum absolute atomic E-state index is 9.25. The number of aliphatic hydroxyl groups excluding tert-OH is 1. The molecule has 0 bridgehead atoms. The molecule has 1 rings (SSSR count). The summed E-state index contributed by atoms with van der Waals surface area (Å²) >= 11 is 0. The Hall–Kier alpha value is -0.860. The molecule has 0 amide bonds. The topological polar surface area (TPSA) is 32.3 Å². The number of aliphatic hydroxyl groups is 1. The van der Waals surface area contributed by atoms with Gasteiger partial charge in [0, 0.05) is 12.1 Å². The zero-order chi connectivity index (χ0) is 11.9. The zero-order valence-electron chi connectivity index (χ0n) is 10.4. The summed E-state index contributed by atoms with van der Waals surface area (Å²) in [4.78, 5) is 0. The molecule has 1 aromatic rings. The maximum atomic E-state index is 9.25. The van der Waals surface area contributed by atoms with Crippen molar-refractivity contribution in [1.82, 2.24) is 5.32 Å². The predicted octanol–water partition coefficient (Wildman–Crippen LogP) is 2.67. The van der Waals surface area contributed by atoms with Gasteiger partial charge in [-0.15, -0.1) is 0 Å². The van der Waals surface area contributed by atoms with E-state index in [1.54, 1.807) is 0 Å². The van der Waals surface area contributed by atoms with Gasteiger partial charge in [0.25, 0.3) is 0 Å². The molecule has 2 heteroatoms. The molecule has 0 fully saturated rings. The van der Waals surface area contributed by atoms with Gasteiger partial charge in [-0.3, -0.25) is 0 Å². The van der Waals surface area contributed by atoms with Gasteiger partial charge in [-0.1, -0.05) is 44.2 Å². The van der Waals surface area contributed by atoms with Gasteiger partial charge in [0.15, 0.2) is 0 Å². The van der Waals surface area contributed by atoms with Crippen molar-refractivity contribution >= 4 is 0 Å². The molecule has 0 aliphatic heterocycles. The van der Waals surface area contributed by atoms with Gasteiger partial charge in [-0.05, 0) is 31.4 Å². The quantitative estimate of drug-likeness (QED) is 0.742. The molecule has 0 aliphatic carbocycles. The van der Waals surface area contributed by atoms with E-state index in [1.165, 1.54) is 5.56 Å². The van der Waals surface area contributed by atoms with E-state index in [-0.39, 0.29) is 12.1 Å². The molecule has 90 valence electrons. The van der Waals surface area contributed by atoms with Crippen molar-refractivity contribution in [1.29, 1.82) is 0 Å². The molecule has 0 heterocycles. The van der Waals surface area contributed by atoms with Gasteiger partial charge in [0.05, 0.1) is 0 Å². The summed E-state index contributed by atoms with van der Waals surface area (Å²) in [6, 6.07) is 10.4. The van der Waals surface area contributed by atoms with Crippen LogP contribution < -0.4 is 5.32 Å². The van der Waals surface area contributed by atoms with E-state index < -0.39 is 0 Å². The van der Waals surface area contributed by atoms with Crippen molar-refractivity contribution in [3.8, 4) is 0 Å². The minimum atomic E-state index is -0.0635. The summed E-state index contributed by atoms with van der Waals surface area (Å²) in [5, 5.41) is 12.8. The maximum Gasteiger partial charge on any atom is 0.0453 e. The Balaban J connectivity index is 2.92. The molecule has 1 atom stereocenters. The first-order valence-electron chi connectivity index (χ1n) is 6.20. The fourth-order valence-electron chi connectivity index (χ4n) is 2.15. The van der Waals surface area contributed by atoms with Gasteiger partial charge in [-0.25, -0.2) is 0 Å². The van der Waals surface area contributed by atoms with E-state index in [0.717, 1.165) is 25.8 Å². The number of benzene rings is 1. The Morgan fingerprint density at radius 2 is 1.88 bits per heavy atom. The number of rotatable bonds is 7. The highest BCUT2D eigenvalue weighted by Crippen LogP contribution is 2.28. The van der Waals surface area contributed by atoms with Gasteiger partial charge in [0.2, 0.25) is 0 Å². The first kappa shape index (κ1) is 13.2. The van der Waals surface area contributed by atoms with Gasteiger partial charge in [0.1, 0.15) is 0 Å². The zero-order valence-corrected chi connectivity index (χ0v) is 10.4. The minimum absolute atomic E-state index is 0.0635. The standard InChI is InChI=1S/C14H23NO/c1-3-11-15-14(4-2,10-12-16)13-8-6-5-7-9-13/h5-9,15-16H,3-4,10-12H2,1-2H3. The summed E-state index contributed by atoms with van der Waals surface area (Å²) in [7, 11) is 0. The van der Waals surface area contributed by atoms with E-state index in [4.69, 9.17) is 0 Å². The van der Waals surface area contributed by atoms with E-state index in [9.17, 15) is 5.11 Å². The Morgan fingerprint density at radius 3 is 2.38 bits per heavy atom. The molecule has 1 unspecified atom stereocenters. The van der Waals surface area contributed by atoms with Crippen LogP contribution in [-0.4, -0.2) is 18.3 Å². The average Bonchev–Trinajstić information content (AvgIpc) is 2.36. The van der Waals surface area contributed by atoms with Crippen molar-refractivity contribution in [2.24, 2.45) is 0 Å². The van der Waals surface area contributed by atoms with E-state index in [2.05, 4.69) is 43.4 Å². The highest BCUT2D eigenvalue weighted by atomic mass is 16.3. The van der Waals surface area contributed by atoms with Crippen LogP contribution in [0.25, 0.3) is 0 Å². The second-order valence-corrected chi connectivity index (χ2v) is 4.20. The SMILES string of the molecule is CCCNC(CC)(CCO)c1ccccc1. The molecule has 0 radical (unpaired) electrons. The summed E-state index contributed by atoms with van der Waals surface area (Å²) < 4.78 is 0. The normalized spacial score (nSPS) is 14.7. The first-order chi connectivity index (χ1) is 7.79. The third-order valence-electron chi connectivity index (χ3n) is 3.18. The number of hydrogen-bond acceptors (Lipinski definition) is 2. The average molecular weight is 221 g/mol. The molecule has 16 heavy (non-hydrogen) atoms. The third-order valence-corrected chi connectivity index (χ3v) is 3.18. The Kier molecular flexibility index (Phi) is 5.50. The first-order valence-corrected chi connectivity index (χ1v) is 6.20. The highest BCUT2D eigenvalue weighted by Gasteiger charge is 2.28. The molecule has 2 nitrogen and oxygen atoms in total. The van der Waals surface area contributed by atoms with Crippen molar-refractivity contribution in [2.75, 3.05) is 13.2 Å². The summed E-state index contributed by atoms with van der Waals surface area (Å²) in [5.74, 6) is 0. The van der Waals surface area contributed by atoms with E-state index in [1.807, 2.05) is 6.07 Å². The van der Waals surface area contributed by atoms with Crippen LogP contribution in [0.2, 0.25) is 0 Å². The Morgan fingerprint density at radius 1 is 1.19 bits per heavy atom. The third kappa shape index (κ3) is 3.06. The minimum Gasteiger partial charge on any atom is -0.396 e. The Bertz CT molecular complexity index is 286. The molecule has 0 spiro atoms. The van der Waals surface area contributed by atoms with E-state index >= 15 is 0 Å². The van der Waals surface area contributed by atoms with Crippen molar-refractivity contribution in [2.45, 2.75) is 38.6 Å². The van der Waals surface area contributed by atoms with Crippen LogP contribution >= 0.6 is 0 Å². The molecular weight excluding hydrogens is 198 g/mol. The molecular formula is C14H23NO. The molecule has 1 aromatic carbocycles. The summed E-state index contributed by atoms with van der Waals surface area (Å²) in [6.45, 7) is 5.55. The lowest BCUT2D eigenvalue weighted by Crippen LogP contribution is -2.43. The molecule has 0 aliphatic rings. The lowest BCUT2D eigenvalue weighted by molar-refractivity contribution is 0.204. The second-order valence-electron chi connectivity index (χ2n) is 4.20. The Labute approximate surface area is 98.7 Å². The lowest BCUT2D eigenvalue weighted by Gasteiger charge is -2.34. The lowest BCUT2D eigenvalue weighted by atomic mass is 9.84. The monoisotopic (exact) mass is 221 g/mol. The van der Waals surface area contributed by atoms with Crippen LogP contribution in [-0.2, 0) is 5.54 Å². The molecule has 2 N–H and O–H groups in total. The van der Waals surface area contributed by atoms with Crippen molar-refractivity contribution < 1.29 is 5.11 Å². The van der Waals surface area contributed by atoms with Crippen LogP contribution in [0.4, 0.5) is 0 Å². The predicted molar refractivity (Wildman–Crippen MR) is 68.4 cm³/mol. The largest absolute Gasteiger partial charge is 0.396 e. The summed E-state index contributed by atoms with van der Waals surface area (Å²) in [6.07, 6.45) is 2.88. The smallest absolute Gasteiger partial charge is 0.0453 e. The van der Waals surface area contributed by atoms with Crippen molar-refractivity contribution in [3.63, 3.8) is 0 Å². The van der Waals surface area contributed by atoms with Gasteiger partial charge in [-0.2, -0.15) is 0 Å². The van der Waals surface area contributed by atoms with Crippen LogP contribution in [0, 0.1) is 0 Å². The van der Waals surface area contributed by atoms with Crippen LogP contribution in [0.15, 0.2) is 30.3 Å². The molecule has 0 aromatic heterocycles. The van der Waals surface area contributed by atoms with E-state index in [0.29, 0.717) is 0 Å². The van der Waals surface area contributed by atoms with Crippen LogP contribution in [0.3, 0.4) is 0 Å². The summed E-state index contributed by atoms with van der Waals surface area (Å²) in [5.41, 5.74) is 1.21. The highest BCUT2D eigenvalue weighted by molar-refractivity contribution is 5.24. The van der Waals surface area contributed by atoms with Crippen molar-refractivity contribution in [3.05, 3.63) is 35.9 Å². The van der Waals surface area contributed by atoms with Gasteiger partial charge < -0.3 is 10.4 Å². The van der Waals surface area contributed by atoms with Gasteiger partial charge >= 0.3 is 0 Å². The fourth-order valence-corrected chi connectivity index (χ4v) is 2.15. The second kappa shape index (κ2) is 6.66. The fraction of sp³-hybridized carbons (Fsp3) is 0.571. The number of nitrogens with one attached hydrogen (secondary N) is 1. The van der Waals surface area contributed by atoms with Crippen LogP contribution in [0.5, 0.6) is 0 Å². The number of hydrogen-bond donors (Lipinski definition) is 2. The molecule has 0 saturated heterocycles. The van der Waals surface area contributed by atoms with Crippen LogP contribution in [0.1, 0.15) is 38.7 Å².